The third-order valence-corrected chi connectivity index (χ3v) is 3.86. The Balaban J connectivity index is 1.82. The lowest BCUT2D eigenvalue weighted by atomic mass is 10.1. The summed E-state index contributed by atoms with van der Waals surface area (Å²) in [6, 6.07) is 8.72. The van der Waals surface area contributed by atoms with Crippen molar-refractivity contribution in [2.24, 2.45) is 0 Å². The van der Waals surface area contributed by atoms with Gasteiger partial charge in [-0.05, 0) is 30.7 Å². The molecule has 122 valence electrons. The van der Waals surface area contributed by atoms with Gasteiger partial charge in [-0.3, -0.25) is 14.5 Å². The van der Waals surface area contributed by atoms with E-state index < -0.39 is 0 Å². The molecule has 0 aliphatic carbocycles. The largest absolute Gasteiger partial charge is 0.355 e. The normalized spacial score (nSPS) is 15.0. The summed E-state index contributed by atoms with van der Waals surface area (Å²) in [5.74, 6) is 0.0169. The Morgan fingerprint density at radius 2 is 1.83 bits per heavy atom. The zero-order valence-corrected chi connectivity index (χ0v) is 13.4. The van der Waals surface area contributed by atoms with E-state index in [4.69, 9.17) is 5.26 Å². The van der Waals surface area contributed by atoms with Crippen LogP contribution in [0.2, 0.25) is 0 Å². The monoisotopic (exact) mass is 314 g/mol. The summed E-state index contributed by atoms with van der Waals surface area (Å²) in [5.41, 5.74) is 1.14. The van der Waals surface area contributed by atoms with Crippen LogP contribution in [0.3, 0.4) is 0 Å². The summed E-state index contributed by atoms with van der Waals surface area (Å²) in [6.07, 6.45) is 0.929. The van der Waals surface area contributed by atoms with Crippen LogP contribution in [-0.2, 0) is 4.79 Å². The first-order chi connectivity index (χ1) is 11.1. The molecule has 1 aliphatic rings. The molecule has 0 radical (unpaired) electrons. The van der Waals surface area contributed by atoms with Crippen LogP contribution < -0.4 is 5.32 Å². The highest BCUT2D eigenvalue weighted by molar-refractivity contribution is 5.94. The molecule has 1 aromatic carbocycles. The lowest BCUT2D eigenvalue weighted by molar-refractivity contribution is -0.122. The number of carbonyl (C=O) groups excluding carboxylic acids is 2. The zero-order valence-electron chi connectivity index (χ0n) is 13.4. The van der Waals surface area contributed by atoms with Gasteiger partial charge in [0.05, 0.1) is 18.2 Å². The first-order valence-corrected chi connectivity index (χ1v) is 7.92. The third-order valence-electron chi connectivity index (χ3n) is 3.86. The SMILES string of the molecule is CCCNC(=O)CN1CCN(C(=O)c2ccc(C#N)cc2)CC1. The van der Waals surface area contributed by atoms with Crippen molar-refractivity contribution in [1.82, 2.24) is 15.1 Å². The van der Waals surface area contributed by atoms with Crippen molar-refractivity contribution in [3.8, 4) is 6.07 Å². The number of nitrogens with one attached hydrogen (secondary N) is 1. The van der Waals surface area contributed by atoms with Crippen LogP contribution in [0.1, 0.15) is 29.3 Å². The van der Waals surface area contributed by atoms with Crippen LogP contribution in [0.4, 0.5) is 0 Å². The fourth-order valence-electron chi connectivity index (χ4n) is 2.50. The third kappa shape index (κ3) is 4.80. The maximum atomic E-state index is 12.4. The predicted octanol–water partition coefficient (Wildman–Crippen LogP) is 0.842. The molecule has 1 fully saturated rings. The van der Waals surface area contributed by atoms with Crippen molar-refractivity contribution >= 4 is 11.8 Å². The Labute approximate surface area is 136 Å². The minimum atomic E-state index is -0.0235. The molecule has 6 nitrogen and oxygen atoms in total. The van der Waals surface area contributed by atoms with E-state index in [1.54, 1.807) is 29.2 Å². The van der Waals surface area contributed by atoms with E-state index in [2.05, 4.69) is 10.2 Å². The van der Waals surface area contributed by atoms with Gasteiger partial charge in [0, 0.05) is 38.3 Å². The molecule has 1 heterocycles. The fraction of sp³-hybridized carbons (Fsp3) is 0.471. The molecule has 0 aromatic heterocycles. The van der Waals surface area contributed by atoms with Crippen molar-refractivity contribution < 1.29 is 9.59 Å². The van der Waals surface area contributed by atoms with Gasteiger partial charge >= 0.3 is 0 Å². The Morgan fingerprint density at radius 3 is 2.39 bits per heavy atom. The van der Waals surface area contributed by atoms with Gasteiger partial charge in [-0.25, -0.2) is 0 Å². The van der Waals surface area contributed by atoms with E-state index in [1.165, 1.54) is 0 Å². The second-order valence-corrected chi connectivity index (χ2v) is 5.61. The summed E-state index contributed by atoms with van der Waals surface area (Å²) in [6.45, 7) is 5.73. The van der Waals surface area contributed by atoms with Crippen molar-refractivity contribution in [3.05, 3.63) is 35.4 Å². The van der Waals surface area contributed by atoms with Gasteiger partial charge in [0.25, 0.3) is 5.91 Å². The smallest absolute Gasteiger partial charge is 0.253 e. The quantitative estimate of drug-likeness (QED) is 0.874. The van der Waals surface area contributed by atoms with Gasteiger partial charge in [0.1, 0.15) is 0 Å². The summed E-state index contributed by atoms with van der Waals surface area (Å²) in [4.78, 5) is 28.0. The molecule has 1 aromatic rings. The second kappa shape index (κ2) is 8.30. The molecule has 0 spiro atoms. The molecular weight excluding hydrogens is 292 g/mol. The number of hydrogen-bond donors (Lipinski definition) is 1. The van der Waals surface area contributed by atoms with Crippen molar-refractivity contribution in [2.75, 3.05) is 39.3 Å². The first-order valence-electron chi connectivity index (χ1n) is 7.92. The van der Waals surface area contributed by atoms with Crippen molar-refractivity contribution in [3.63, 3.8) is 0 Å². The van der Waals surface area contributed by atoms with Crippen LogP contribution in [0, 0.1) is 11.3 Å². The molecule has 2 amide bonds. The van der Waals surface area contributed by atoms with Gasteiger partial charge in [-0.15, -0.1) is 0 Å². The lowest BCUT2D eigenvalue weighted by Crippen LogP contribution is -2.51. The average molecular weight is 314 g/mol. The number of carbonyl (C=O) groups is 2. The van der Waals surface area contributed by atoms with E-state index in [1.807, 2.05) is 13.0 Å². The Hall–Kier alpha value is -2.39. The molecular formula is C17H22N4O2. The standard InChI is InChI=1S/C17H22N4O2/c1-2-7-19-16(22)13-20-8-10-21(11-9-20)17(23)15-5-3-14(12-18)4-6-15/h3-6H,2,7-11,13H2,1H3,(H,19,22). The topological polar surface area (TPSA) is 76.4 Å². The number of benzene rings is 1. The van der Waals surface area contributed by atoms with Crippen molar-refractivity contribution in [2.45, 2.75) is 13.3 Å². The van der Waals surface area contributed by atoms with Gasteiger partial charge in [-0.2, -0.15) is 5.26 Å². The molecule has 6 heteroatoms. The number of nitrogens with zero attached hydrogens (tertiary/aromatic N) is 3. The molecule has 0 atom stereocenters. The maximum absolute atomic E-state index is 12.4. The molecule has 1 aliphatic heterocycles. The minimum Gasteiger partial charge on any atom is -0.355 e. The van der Waals surface area contributed by atoms with Gasteiger partial charge < -0.3 is 10.2 Å². The van der Waals surface area contributed by atoms with E-state index >= 15 is 0 Å². The van der Waals surface area contributed by atoms with Gasteiger partial charge in [0.2, 0.25) is 5.91 Å². The highest BCUT2D eigenvalue weighted by Gasteiger charge is 2.23. The Bertz CT molecular complexity index is 584. The van der Waals surface area contributed by atoms with Crippen LogP contribution in [0.15, 0.2) is 24.3 Å². The van der Waals surface area contributed by atoms with Crippen LogP contribution in [0.5, 0.6) is 0 Å². The molecule has 23 heavy (non-hydrogen) atoms. The van der Waals surface area contributed by atoms with Crippen LogP contribution in [0.25, 0.3) is 0 Å². The van der Waals surface area contributed by atoms with E-state index in [9.17, 15) is 9.59 Å². The molecule has 0 bridgehead atoms. The number of nitriles is 1. The van der Waals surface area contributed by atoms with E-state index in [0.29, 0.717) is 50.4 Å². The second-order valence-electron chi connectivity index (χ2n) is 5.61. The summed E-state index contributed by atoms with van der Waals surface area (Å²) in [5, 5.41) is 11.7. The lowest BCUT2D eigenvalue weighted by Gasteiger charge is -2.34. The minimum absolute atomic E-state index is 0.0235. The van der Waals surface area contributed by atoms with E-state index in [-0.39, 0.29) is 11.8 Å². The van der Waals surface area contributed by atoms with Crippen LogP contribution >= 0.6 is 0 Å². The maximum Gasteiger partial charge on any atom is 0.253 e. The molecule has 2 rings (SSSR count). The number of amides is 2. The summed E-state index contributed by atoms with van der Waals surface area (Å²) in [7, 11) is 0. The predicted molar refractivity (Wildman–Crippen MR) is 86.8 cm³/mol. The number of piperazine rings is 1. The molecule has 0 unspecified atom stereocenters. The molecule has 1 saturated heterocycles. The van der Waals surface area contributed by atoms with E-state index in [0.717, 1.165) is 6.42 Å². The van der Waals surface area contributed by atoms with Gasteiger partial charge in [-0.1, -0.05) is 6.92 Å². The van der Waals surface area contributed by atoms with Gasteiger partial charge in [0.15, 0.2) is 0 Å². The number of hydrogen-bond acceptors (Lipinski definition) is 4. The highest BCUT2D eigenvalue weighted by Crippen LogP contribution is 2.10. The molecule has 1 N–H and O–H groups in total. The average Bonchev–Trinajstić information content (AvgIpc) is 2.60. The first kappa shape index (κ1) is 17.0. The van der Waals surface area contributed by atoms with Crippen molar-refractivity contribution in [1.29, 1.82) is 5.26 Å². The zero-order chi connectivity index (χ0) is 16.7. The summed E-state index contributed by atoms with van der Waals surface area (Å²) < 4.78 is 0. The Morgan fingerprint density at radius 1 is 1.17 bits per heavy atom. The molecule has 0 saturated carbocycles. The fourth-order valence-corrected chi connectivity index (χ4v) is 2.50. The Kier molecular flexibility index (Phi) is 6.12. The highest BCUT2D eigenvalue weighted by atomic mass is 16.2. The summed E-state index contributed by atoms with van der Waals surface area (Å²) >= 11 is 0. The number of rotatable bonds is 5. The van der Waals surface area contributed by atoms with Crippen LogP contribution in [-0.4, -0.2) is 60.9 Å².